The highest BCUT2D eigenvalue weighted by Gasteiger charge is 2.23. The predicted octanol–water partition coefficient (Wildman–Crippen LogP) is 2.08. The standard InChI is InChI=1S/C23H30N4O4S/c1-25-21-8-7-20(14-22(21)26(2)23(25)28)32(29,30)24-15-17-9-11-27(12-10-17)16-18-5-4-6-19(13-18)31-3/h4-8,13-14,17,24H,9-12,15-16H2,1-3H3. The number of nitrogens with one attached hydrogen (secondary N) is 1. The quantitative estimate of drug-likeness (QED) is 0.586. The summed E-state index contributed by atoms with van der Waals surface area (Å²) in [5.41, 5.74) is 2.35. The van der Waals surface area contributed by atoms with Gasteiger partial charge in [0.25, 0.3) is 0 Å². The Morgan fingerprint density at radius 2 is 1.75 bits per heavy atom. The molecule has 32 heavy (non-hydrogen) atoms. The summed E-state index contributed by atoms with van der Waals surface area (Å²) in [6.45, 7) is 3.15. The molecule has 172 valence electrons. The highest BCUT2D eigenvalue weighted by Crippen LogP contribution is 2.22. The first kappa shape index (κ1) is 22.6. The Kier molecular flexibility index (Phi) is 6.41. The summed E-state index contributed by atoms with van der Waals surface area (Å²) in [4.78, 5) is 14.7. The molecule has 0 radical (unpaired) electrons. The van der Waals surface area contributed by atoms with Crippen molar-refractivity contribution in [1.82, 2.24) is 18.8 Å². The largest absolute Gasteiger partial charge is 0.497 e. The monoisotopic (exact) mass is 458 g/mol. The van der Waals surface area contributed by atoms with Crippen LogP contribution in [0.4, 0.5) is 0 Å². The number of likely N-dealkylation sites (tertiary alicyclic amines) is 1. The van der Waals surface area contributed by atoms with E-state index < -0.39 is 10.0 Å². The van der Waals surface area contributed by atoms with Gasteiger partial charge in [0.05, 0.1) is 23.0 Å². The lowest BCUT2D eigenvalue weighted by atomic mass is 9.97. The van der Waals surface area contributed by atoms with Crippen LogP contribution in [0.1, 0.15) is 18.4 Å². The number of methoxy groups -OCH3 is 1. The van der Waals surface area contributed by atoms with Crippen molar-refractivity contribution in [2.45, 2.75) is 24.3 Å². The number of aromatic nitrogens is 2. The zero-order chi connectivity index (χ0) is 22.9. The molecular weight excluding hydrogens is 428 g/mol. The predicted molar refractivity (Wildman–Crippen MR) is 124 cm³/mol. The molecule has 3 aromatic rings. The minimum absolute atomic E-state index is 0.178. The third kappa shape index (κ3) is 4.60. The third-order valence-electron chi connectivity index (χ3n) is 6.36. The van der Waals surface area contributed by atoms with Gasteiger partial charge in [-0.05, 0) is 67.7 Å². The first-order valence-electron chi connectivity index (χ1n) is 10.8. The molecule has 0 spiro atoms. The van der Waals surface area contributed by atoms with Crippen LogP contribution in [-0.2, 0) is 30.7 Å². The van der Waals surface area contributed by atoms with Crippen LogP contribution in [0.3, 0.4) is 0 Å². The van der Waals surface area contributed by atoms with Gasteiger partial charge < -0.3 is 4.74 Å². The maximum absolute atomic E-state index is 12.9. The number of sulfonamides is 1. The molecule has 2 heterocycles. The molecule has 0 amide bonds. The van der Waals surface area contributed by atoms with E-state index in [1.165, 1.54) is 14.7 Å². The summed E-state index contributed by atoms with van der Waals surface area (Å²) in [6.07, 6.45) is 1.89. The van der Waals surface area contributed by atoms with Crippen LogP contribution in [0.25, 0.3) is 11.0 Å². The number of benzene rings is 2. The number of aryl methyl sites for hydroxylation is 2. The zero-order valence-electron chi connectivity index (χ0n) is 18.7. The molecule has 2 aromatic carbocycles. The van der Waals surface area contributed by atoms with Crippen molar-refractivity contribution in [2.24, 2.45) is 20.0 Å². The van der Waals surface area contributed by atoms with Crippen molar-refractivity contribution in [3.63, 3.8) is 0 Å². The molecule has 1 N–H and O–H groups in total. The van der Waals surface area contributed by atoms with E-state index in [0.29, 0.717) is 23.5 Å². The van der Waals surface area contributed by atoms with Gasteiger partial charge in [-0.3, -0.25) is 14.0 Å². The highest BCUT2D eigenvalue weighted by molar-refractivity contribution is 7.89. The summed E-state index contributed by atoms with van der Waals surface area (Å²) in [6, 6.07) is 12.9. The van der Waals surface area contributed by atoms with E-state index in [1.54, 1.807) is 39.4 Å². The number of hydrogen-bond acceptors (Lipinski definition) is 5. The van der Waals surface area contributed by atoms with Gasteiger partial charge in [0.1, 0.15) is 5.75 Å². The average Bonchev–Trinajstić information content (AvgIpc) is 3.02. The van der Waals surface area contributed by atoms with Crippen molar-refractivity contribution < 1.29 is 13.2 Å². The van der Waals surface area contributed by atoms with E-state index in [1.807, 2.05) is 12.1 Å². The number of rotatable bonds is 7. The van der Waals surface area contributed by atoms with E-state index in [9.17, 15) is 13.2 Å². The molecule has 0 bridgehead atoms. The Balaban J connectivity index is 1.34. The summed E-state index contributed by atoms with van der Waals surface area (Å²) < 4.78 is 36.8. The SMILES string of the molecule is COc1cccc(CN2CCC(CNS(=O)(=O)c3ccc4c(c3)n(C)c(=O)n4C)CC2)c1. The van der Waals surface area contributed by atoms with Gasteiger partial charge in [-0.2, -0.15) is 0 Å². The summed E-state index contributed by atoms with van der Waals surface area (Å²) in [7, 11) is 1.35. The van der Waals surface area contributed by atoms with Crippen molar-refractivity contribution in [1.29, 1.82) is 0 Å². The molecule has 1 fully saturated rings. The van der Waals surface area contributed by atoms with Crippen LogP contribution in [0, 0.1) is 5.92 Å². The fourth-order valence-electron chi connectivity index (χ4n) is 4.34. The number of hydrogen-bond donors (Lipinski definition) is 1. The second kappa shape index (κ2) is 9.09. The number of imidazole rings is 1. The van der Waals surface area contributed by atoms with Gasteiger partial charge in [-0.1, -0.05) is 12.1 Å². The van der Waals surface area contributed by atoms with E-state index in [0.717, 1.165) is 38.2 Å². The number of piperidine rings is 1. The molecule has 1 aliphatic rings. The molecule has 9 heteroatoms. The summed E-state index contributed by atoms with van der Waals surface area (Å²) >= 11 is 0. The molecule has 8 nitrogen and oxygen atoms in total. The molecule has 0 atom stereocenters. The number of fused-ring (bicyclic) bond motifs is 1. The van der Waals surface area contributed by atoms with Crippen LogP contribution in [0.15, 0.2) is 52.2 Å². The van der Waals surface area contributed by atoms with Gasteiger partial charge in [-0.15, -0.1) is 0 Å². The molecule has 0 unspecified atom stereocenters. The first-order valence-corrected chi connectivity index (χ1v) is 12.3. The van der Waals surface area contributed by atoms with Crippen LogP contribution >= 0.6 is 0 Å². The van der Waals surface area contributed by atoms with Crippen LogP contribution in [0.5, 0.6) is 5.75 Å². The van der Waals surface area contributed by atoms with Gasteiger partial charge in [0.15, 0.2) is 0 Å². The second-order valence-electron chi connectivity index (χ2n) is 8.47. The van der Waals surface area contributed by atoms with Crippen LogP contribution < -0.4 is 15.1 Å². The average molecular weight is 459 g/mol. The normalized spacial score (nSPS) is 16.0. The first-order chi connectivity index (χ1) is 15.3. The third-order valence-corrected chi connectivity index (χ3v) is 7.78. The zero-order valence-corrected chi connectivity index (χ0v) is 19.6. The fraction of sp³-hybridized carbons (Fsp3) is 0.435. The fourth-order valence-corrected chi connectivity index (χ4v) is 5.48. The van der Waals surface area contributed by atoms with Gasteiger partial charge in [0.2, 0.25) is 10.0 Å². The van der Waals surface area contributed by atoms with E-state index in [2.05, 4.69) is 21.8 Å². The lowest BCUT2D eigenvalue weighted by Crippen LogP contribution is -2.38. The van der Waals surface area contributed by atoms with Crippen molar-refractivity contribution >= 4 is 21.1 Å². The van der Waals surface area contributed by atoms with Gasteiger partial charge in [0, 0.05) is 27.2 Å². The Morgan fingerprint density at radius 1 is 1.03 bits per heavy atom. The maximum atomic E-state index is 12.9. The molecular formula is C23H30N4O4S. The highest BCUT2D eigenvalue weighted by atomic mass is 32.2. The molecule has 1 aliphatic heterocycles. The van der Waals surface area contributed by atoms with Crippen molar-refractivity contribution in [3.8, 4) is 5.75 Å². The smallest absolute Gasteiger partial charge is 0.328 e. The lowest BCUT2D eigenvalue weighted by Gasteiger charge is -2.32. The number of ether oxygens (including phenoxy) is 1. The van der Waals surface area contributed by atoms with Crippen molar-refractivity contribution in [3.05, 3.63) is 58.5 Å². The van der Waals surface area contributed by atoms with Gasteiger partial charge in [-0.25, -0.2) is 17.9 Å². The molecule has 1 saturated heterocycles. The van der Waals surface area contributed by atoms with Crippen LogP contribution in [0.2, 0.25) is 0 Å². The van der Waals surface area contributed by atoms with E-state index in [-0.39, 0.29) is 10.6 Å². The summed E-state index contributed by atoms with van der Waals surface area (Å²) in [5.74, 6) is 1.16. The molecule has 1 aromatic heterocycles. The van der Waals surface area contributed by atoms with E-state index in [4.69, 9.17) is 4.74 Å². The second-order valence-corrected chi connectivity index (χ2v) is 10.2. The Labute approximate surface area is 188 Å². The molecule has 4 rings (SSSR count). The lowest BCUT2D eigenvalue weighted by molar-refractivity contribution is 0.178. The molecule has 0 aliphatic carbocycles. The van der Waals surface area contributed by atoms with Crippen molar-refractivity contribution in [2.75, 3.05) is 26.7 Å². The molecule has 0 saturated carbocycles. The maximum Gasteiger partial charge on any atom is 0.328 e. The Hall–Kier alpha value is -2.62. The topological polar surface area (TPSA) is 85.6 Å². The van der Waals surface area contributed by atoms with Crippen LogP contribution in [-0.4, -0.2) is 49.2 Å². The minimum Gasteiger partial charge on any atom is -0.497 e. The van der Waals surface area contributed by atoms with Gasteiger partial charge >= 0.3 is 5.69 Å². The minimum atomic E-state index is -3.64. The van der Waals surface area contributed by atoms with E-state index >= 15 is 0 Å². The Bertz CT molecular complexity index is 1270. The Morgan fingerprint density at radius 3 is 2.47 bits per heavy atom. The number of nitrogens with zero attached hydrogens (tertiary/aromatic N) is 3. The summed E-state index contributed by atoms with van der Waals surface area (Å²) in [5, 5.41) is 0.